The van der Waals surface area contributed by atoms with Crippen LogP contribution in [0.5, 0.6) is 11.5 Å². The first-order chi connectivity index (χ1) is 12.7. The number of H-pyrrole nitrogens is 1. The number of hydrogen-bond acceptors (Lipinski definition) is 5. The second kappa shape index (κ2) is 8.24. The highest BCUT2D eigenvalue weighted by atomic mass is 16.5. The number of benzene rings is 2. The Balaban J connectivity index is 1.47. The van der Waals surface area contributed by atoms with Crippen LogP contribution < -0.4 is 20.5 Å². The number of carbonyl (C=O) groups is 1. The number of ether oxygens (including phenoxy) is 2. The number of fused-ring (bicyclic) bond motifs is 1. The third-order valence-corrected chi connectivity index (χ3v) is 3.66. The average molecular weight is 356 g/mol. The van der Waals surface area contributed by atoms with Gasteiger partial charge in [0, 0.05) is 12.1 Å². The molecule has 3 rings (SSSR count). The SMILES string of the molecule is CCOc1ccccc1OCCCC(=O)Nc1ccc2oc(=O)[nH]c2c1. The van der Waals surface area contributed by atoms with Gasteiger partial charge in [-0.3, -0.25) is 9.78 Å². The molecule has 0 aliphatic carbocycles. The maximum Gasteiger partial charge on any atom is 0.417 e. The molecule has 0 saturated carbocycles. The number of hydrogen-bond donors (Lipinski definition) is 2. The molecule has 26 heavy (non-hydrogen) atoms. The molecule has 0 unspecified atom stereocenters. The summed E-state index contributed by atoms with van der Waals surface area (Å²) in [5.41, 5.74) is 1.60. The number of oxazole rings is 1. The first kappa shape index (κ1) is 17.6. The van der Waals surface area contributed by atoms with Crippen molar-refractivity contribution < 1.29 is 18.7 Å². The third kappa shape index (κ3) is 4.44. The molecule has 0 atom stereocenters. The van der Waals surface area contributed by atoms with E-state index >= 15 is 0 Å². The van der Waals surface area contributed by atoms with Crippen molar-refractivity contribution in [3.63, 3.8) is 0 Å². The zero-order valence-corrected chi connectivity index (χ0v) is 14.4. The van der Waals surface area contributed by atoms with E-state index in [1.54, 1.807) is 18.2 Å². The molecule has 1 amide bonds. The first-order valence-electron chi connectivity index (χ1n) is 8.43. The lowest BCUT2D eigenvalue weighted by atomic mass is 10.2. The fourth-order valence-corrected chi connectivity index (χ4v) is 2.51. The molecular formula is C19H20N2O5. The van der Waals surface area contributed by atoms with Crippen LogP contribution in [0.3, 0.4) is 0 Å². The quantitative estimate of drug-likeness (QED) is 0.604. The maximum atomic E-state index is 12.0. The van der Waals surface area contributed by atoms with Gasteiger partial charge in [0.15, 0.2) is 17.1 Å². The van der Waals surface area contributed by atoms with Crippen LogP contribution >= 0.6 is 0 Å². The number of carbonyl (C=O) groups excluding carboxylic acids is 1. The zero-order chi connectivity index (χ0) is 18.4. The predicted molar refractivity (Wildman–Crippen MR) is 97.8 cm³/mol. The summed E-state index contributed by atoms with van der Waals surface area (Å²) in [6.45, 7) is 2.89. The number of nitrogens with one attached hydrogen (secondary N) is 2. The Kier molecular flexibility index (Phi) is 5.58. The molecule has 0 spiro atoms. The van der Waals surface area contributed by atoms with E-state index in [1.807, 2.05) is 31.2 Å². The van der Waals surface area contributed by atoms with Crippen molar-refractivity contribution in [2.24, 2.45) is 0 Å². The summed E-state index contributed by atoms with van der Waals surface area (Å²) in [6.07, 6.45) is 0.883. The van der Waals surface area contributed by atoms with Crippen molar-refractivity contribution in [3.8, 4) is 11.5 Å². The van der Waals surface area contributed by atoms with Gasteiger partial charge in [-0.1, -0.05) is 12.1 Å². The van der Waals surface area contributed by atoms with Crippen LogP contribution in [-0.4, -0.2) is 24.1 Å². The van der Waals surface area contributed by atoms with Gasteiger partial charge in [-0.05, 0) is 43.7 Å². The van der Waals surface area contributed by atoms with Gasteiger partial charge in [0.2, 0.25) is 5.91 Å². The number of aromatic nitrogens is 1. The van der Waals surface area contributed by atoms with Crippen molar-refractivity contribution >= 4 is 22.7 Å². The summed E-state index contributed by atoms with van der Waals surface area (Å²) in [7, 11) is 0. The highest BCUT2D eigenvalue weighted by molar-refractivity contribution is 5.92. The number of para-hydroxylation sites is 2. The van der Waals surface area contributed by atoms with Crippen LogP contribution in [0.4, 0.5) is 5.69 Å². The second-order valence-electron chi connectivity index (χ2n) is 5.61. The second-order valence-corrected chi connectivity index (χ2v) is 5.61. The Labute approximate surface area is 149 Å². The smallest absolute Gasteiger partial charge is 0.417 e. The summed E-state index contributed by atoms with van der Waals surface area (Å²) in [6, 6.07) is 12.4. The molecule has 0 radical (unpaired) electrons. The Bertz CT molecular complexity index is 944. The molecular weight excluding hydrogens is 336 g/mol. The van der Waals surface area contributed by atoms with Gasteiger partial charge < -0.3 is 19.2 Å². The molecule has 7 heteroatoms. The summed E-state index contributed by atoms with van der Waals surface area (Å²) < 4.78 is 16.1. The minimum absolute atomic E-state index is 0.128. The topological polar surface area (TPSA) is 93.6 Å². The van der Waals surface area contributed by atoms with E-state index < -0.39 is 5.76 Å². The van der Waals surface area contributed by atoms with E-state index in [9.17, 15) is 9.59 Å². The van der Waals surface area contributed by atoms with Crippen LogP contribution in [0, 0.1) is 0 Å². The van der Waals surface area contributed by atoms with E-state index in [2.05, 4.69) is 10.3 Å². The molecule has 0 fully saturated rings. The lowest BCUT2D eigenvalue weighted by Crippen LogP contribution is -2.12. The Morgan fingerprint density at radius 1 is 1.15 bits per heavy atom. The number of aromatic amines is 1. The fourth-order valence-electron chi connectivity index (χ4n) is 2.51. The van der Waals surface area contributed by atoms with Gasteiger partial charge in [-0.2, -0.15) is 0 Å². The van der Waals surface area contributed by atoms with Crippen LogP contribution in [0.15, 0.2) is 51.7 Å². The van der Waals surface area contributed by atoms with Crippen molar-refractivity contribution in [3.05, 3.63) is 53.0 Å². The molecule has 0 aliphatic heterocycles. The Morgan fingerprint density at radius 2 is 1.92 bits per heavy atom. The fraction of sp³-hybridized carbons (Fsp3) is 0.263. The summed E-state index contributed by atoms with van der Waals surface area (Å²) >= 11 is 0. The molecule has 2 aromatic carbocycles. The number of anilines is 1. The molecule has 3 aromatic rings. The minimum atomic E-state index is -0.520. The van der Waals surface area contributed by atoms with Crippen LogP contribution in [0.1, 0.15) is 19.8 Å². The number of rotatable bonds is 8. The molecule has 0 aliphatic rings. The normalized spacial score (nSPS) is 10.7. The van der Waals surface area contributed by atoms with Crippen molar-refractivity contribution in [2.45, 2.75) is 19.8 Å². The van der Waals surface area contributed by atoms with Crippen LogP contribution in [0.2, 0.25) is 0 Å². The lowest BCUT2D eigenvalue weighted by Gasteiger charge is -2.11. The average Bonchev–Trinajstić information content (AvgIpc) is 2.99. The van der Waals surface area contributed by atoms with Crippen LogP contribution in [-0.2, 0) is 4.79 Å². The summed E-state index contributed by atoms with van der Waals surface area (Å²) in [5, 5.41) is 2.79. The standard InChI is InChI=1S/C19H20N2O5/c1-2-24-16-6-3-4-7-17(16)25-11-5-8-18(22)20-13-9-10-15-14(12-13)21-19(23)26-15/h3-4,6-7,9-10,12H,2,5,8,11H2,1H3,(H,20,22)(H,21,23). The van der Waals surface area contributed by atoms with Gasteiger partial charge in [0.1, 0.15) is 0 Å². The predicted octanol–water partition coefficient (Wildman–Crippen LogP) is 3.32. The molecule has 1 heterocycles. The highest BCUT2D eigenvalue weighted by Gasteiger charge is 2.07. The molecule has 7 nitrogen and oxygen atoms in total. The van der Waals surface area contributed by atoms with Gasteiger partial charge in [-0.25, -0.2) is 4.79 Å². The summed E-state index contributed by atoms with van der Waals surface area (Å²) in [4.78, 5) is 25.7. The van der Waals surface area contributed by atoms with Crippen molar-refractivity contribution in [1.82, 2.24) is 4.98 Å². The molecule has 136 valence electrons. The largest absolute Gasteiger partial charge is 0.490 e. The molecule has 1 aromatic heterocycles. The van der Waals surface area contributed by atoms with Crippen LogP contribution in [0.25, 0.3) is 11.1 Å². The highest BCUT2D eigenvalue weighted by Crippen LogP contribution is 2.26. The van der Waals surface area contributed by atoms with E-state index in [4.69, 9.17) is 13.9 Å². The van der Waals surface area contributed by atoms with Gasteiger partial charge in [0.05, 0.1) is 18.7 Å². The van der Waals surface area contributed by atoms with Crippen molar-refractivity contribution in [2.75, 3.05) is 18.5 Å². The monoisotopic (exact) mass is 356 g/mol. The van der Waals surface area contributed by atoms with Gasteiger partial charge >= 0.3 is 5.76 Å². The van der Waals surface area contributed by atoms with E-state index in [-0.39, 0.29) is 5.91 Å². The maximum absolute atomic E-state index is 12.0. The minimum Gasteiger partial charge on any atom is -0.490 e. The molecule has 0 saturated heterocycles. The Morgan fingerprint density at radius 3 is 2.69 bits per heavy atom. The van der Waals surface area contributed by atoms with E-state index in [0.29, 0.717) is 54.3 Å². The van der Waals surface area contributed by atoms with Gasteiger partial charge in [0.25, 0.3) is 0 Å². The Hall–Kier alpha value is -3.22. The van der Waals surface area contributed by atoms with E-state index in [1.165, 1.54) is 0 Å². The first-order valence-corrected chi connectivity index (χ1v) is 8.43. The van der Waals surface area contributed by atoms with Gasteiger partial charge in [-0.15, -0.1) is 0 Å². The van der Waals surface area contributed by atoms with Crippen molar-refractivity contribution in [1.29, 1.82) is 0 Å². The zero-order valence-electron chi connectivity index (χ0n) is 14.4. The lowest BCUT2D eigenvalue weighted by molar-refractivity contribution is -0.116. The molecule has 2 N–H and O–H groups in total. The molecule has 0 bridgehead atoms. The number of amides is 1. The van der Waals surface area contributed by atoms with E-state index in [0.717, 1.165) is 0 Å². The third-order valence-electron chi connectivity index (χ3n) is 3.66. The summed E-state index contributed by atoms with van der Waals surface area (Å²) in [5.74, 6) is 0.718.